The van der Waals surface area contributed by atoms with E-state index < -0.39 is 0 Å². The third-order valence-corrected chi connectivity index (χ3v) is 0. The van der Waals surface area contributed by atoms with Gasteiger partial charge in [0.2, 0.25) is 0 Å². The zero-order chi connectivity index (χ0) is 2.71. The van der Waals surface area contributed by atoms with Crippen molar-refractivity contribution in [2.24, 2.45) is 0 Å². The van der Waals surface area contributed by atoms with Crippen LogP contribution in [0.5, 0.6) is 0 Å². The molecule has 0 atom stereocenters. The van der Waals surface area contributed by atoms with Gasteiger partial charge in [0, 0.05) is 0 Å². The Morgan fingerprint density at radius 3 is 1.00 bits per heavy atom. The van der Waals surface area contributed by atoms with E-state index in [9.17, 15) is 0 Å². The molecule has 3 heteroatoms. The first-order valence-electron chi connectivity index (χ1n) is 1.00. The van der Waals surface area contributed by atoms with Gasteiger partial charge in [-0.25, -0.2) is 0 Å². The number of hydrogen-bond donors (Lipinski definition) is 0. The minimum absolute atomic E-state index is 0. The zero-order valence-corrected chi connectivity index (χ0v) is 7.05. The van der Waals surface area contributed by atoms with Crippen LogP contribution in [0.2, 0.25) is 11.5 Å². The van der Waals surface area contributed by atoms with E-state index in [1.54, 1.807) is 0 Å². The van der Waals surface area contributed by atoms with Gasteiger partial charge < -0.3 is 0 Å². The van der Waals surface area contributed by atoms with E-state index in [-0.39, 0.29) is 24.8 Å². The van der Waals surface area contributed by atoms with Crippen LogP contribution in [0, 0.1) is 0 Å². The van der Waals surface area contributed by atoms with E-state index in [2.05, 4.69) is 11.5 Å². The maximum atomic E-state index is 2.25. The van der Waals surface area contributed by atoms with Crippen LogP contribution in [0.3, 0.4) is 0 Å². The summed E-state index contributed by atoms with van der Waals surface area (Å²) >= 11 is 0.500. The monoisotopic (exact) mass is 176 g/mol. The van der Waals surface area contributed by atoms with Crippen molar-refractivity contribution >= 4 is 40.2 Å². The molecule has 34 valence electrons. The van der Waals surface area contributed by atoms with Crippen LogP contribution in [0.25, 0.3) is 0 Å². The summed E-state index contributed by atoms with van der Waals surface area (Å²) in [7, 11) is 0. The molecule has 0 fully saturated rings. The molecule has 0 rings (SSSR count). The molecule has 0 saturated carbocycles. The predicted molar refractivity (Wildman–Crippen MR) is 32.0 cm³/mol. The van der Waals surface area contributed by atoms with Gasteiger partial charge in [0.15, 0.2) is 0 Å². The Morgan fingerprint density at radius 1 is 1.00 bits per heavy atom. The minimum atomic E-state index is 0. The number of hydrogen-bond acceptors (Lipinski definition) is 0. The molecule has 0 aliphatic heterocycles. The molecule has 0 unspecified atom stereocenters. The first-order valence-corrected chi connectivity index (χ1v) is 5.20. The standard InChI is InChI=1S/C2H6Ge.2ClH/c1-3-2;;/h1-2H3;2*1H. The van der Waals surface area contributed by atoms with Crippen molar-refractivity contribution in [1.29, 1.82) is 0 Å². The first kappa shape index (κ1) is 16.5. The Morgan fingerprint density at radius 2 is 1.00 bits per heavy atom. The van der Waals surface area contributed by atoms with Gasteiger partial charge in [-0.2, -0.15) is 0 Å². The van der Waals surface area contributed by atoms with Gasteiger partial charge in [-0.05, 0) is 0 Å². The summed E-state index contributed by atoms with van der Waals surface area (Å²) in [6, 6.07) is 0. The van der Waals surface area contributed by atoms with E-state index in [4.69, 9.17) is 0 Å². The van der Waals surface area contributed by atoms with E-state index in [1.165, 1.54) is 0 Å². The maximum absolute atomic E-state index is 2.25. The third kappa shape index (κ3) is 39.6. The van der Waals surface area contributed by atoms with Gasteiger partial charge in [0.25, 0.3) is 0 Å². The third-order valence-electron chi connectivity index (χ3n) is 0. The van der Waals surface area contributed by atoms with Gasteiger partial charge in [-0.3, -0.25) is 0 Å². The predicted octanol–water partition coefficient (Wildman–Crippen LogP) is 1.63. The normalized spacial score (nSPS) is 3.60. The van der Waals surface area contributed by atoms with Crippen molar-refractivity contribution in [3.63, 3.8) is 0 Å². The Hall–Kier alpha value is 1.12. The molecule has 5 heavy (non-hydrogen) atoms. The summed E-state index contributed by atoms with van der Waals surface area (Å²) in [5.41, 5.74) is 0. The Balaban J connectivity index is -0.0000000200. The fraction of sp³-hybridized carbons (Fsp3) is 1.00. The topological polar surface area (TPSA) is 0 Å². The van der Waals surface area contributed by atoms with Crippen LogP contribution < -0.4 is 0 Å². The second-order valence-corrected chi connectivity index (χ2v) is 2.60. The molecule has 0 spiro atoms. The number of rotatable bonds is 0. The van der Waals surface area contributed by atoms with Crippen molar-refractivity contribution in [2.75, 3.05) is 0 Å². The van der Waals surface area contributed by atoms with E-state index >= 15 is 0 Å². The molecule has 0 aromatic heterocycles. The average Bonchev–Trinajstić information content (AvgIpc) is 0.918. The van der Waals surface area contributed by atoms with Crippen molar-refractivity contribution in [1.82, 2.24) is 0 Å². The van der Waals surface area contributed by atoms with Crippen molar-refractivity contribution in [3.05, 3.63) is 0 Å². The van der Waals surface area contributed by atoms with Gasteiger partial charge in [-0.15, -0.1) is 24.8 Å². The van der Waals surface area contributed by atoms with E-state index in [0.29, 0.717) is 15.4 Å². The molecule has 0 N–H and O–H groups in total. The Labute approximate surface area is 52.0 Å². The van der Waals surface area contributed by atoms with Crippen LogP contribution in [0.1, 0.15) is 0 Å². The average molecular weight is 176 g/mol. The summed E-state index contributed by atoms with van der Waals surface area (Å²) in [4.78, 5) is 0. The molecule has 0 amide bonds. The molecule has 0 nitrogen and oxygen atoms in total. The SMILES string of the molecule is Cl.Cl.[CH3][Ge][CH3]. The summed E-state index contributed by atoms with van der Waals surface area (Å²) in [6.07, 6.45) is 0. The zero-order valence-electron chi connectivity index (χ0n) is 3.32. The molecule has 0 aromatic carbocycles. The molecular formula is C2H8Cl2Ge. The molecule has 0 aliphatic rings. The van der Waals surface area contributed by atoms with Gasteiger partial charge >= 0.3 is 26.9 Å². The summed E-state index contributed by atoms with van der Waals surface area (Å²) < 4.78 is 0. The van der Waals surface area contributed by atoms with Crippen LogP contribution in [0.15, 0.2) is 0 Å². The molecule has 0 bridgehead atoms. The first-order chi connectivity index (χ1) is 1.41. The summed E-state index contributed by atoms with van der Waals surface area (Å²) in [5.74, 6) is 4.50. The van der Waals surface area contributed by atoms with Gasteiger partial charge in [0.05, 0.1) is 0 Å². The quantitative estimate of drug-likeness (QED) is 0.491. The van der Waals surface area contributed by atoms with Gasteiger partial charge in [-0.1, -0.05) is 0 Å². The van der Waals surface area contributed by atoms with E-state index in [1.807, 2.05) is 0 Å². The van der Waals surface area contributed by atoms with Crippen LogP contribution in [-0.4, -0.2) is 15.4 Å². The van der Waals surface area contributed by atoms with Crippen molar-refractivity contribution in [2.45, 2.75) is 11.5 Å². The van der Waals surface area contributed by atoms with Crippen molar-refractivity contribution in [3.8, 4) is 0 Å². The van der Waals surface area contributed by atoms with Crippen LogP contribution >= 0.6 is 24.8 Å². The van der Waals surface area contributed by atoms with E-state index in [0.717, 1.165) is 0 Å². The fourth-order valence-corrected chi connectivity index (χ4v) is 0. The molecule has 0 aliphatic carbocycles. The fourth-order valence-electron chi connectivity index (χ4n) is 0. The molecule has 0 heterocycles. The Kier molecular flexibility index (Phi) is 63.7. The Bertz CT molecular complexity index is 7.61. The molecule has 2 radical (unpaired) electrons. The van der Waals surface area contributed by atoms with Crippen LogP contribution in [0.4, 0.5) is 0 Å². The molecular weight excluding hydrogens is 168 g/mol. The molecule has 0 aromatic rings. The molecule has 0 saturated heterocycles. The van der Waals surface area contributed by atoms with Crippen LogP contribution in [-0.2, 0) is 0 Å². The summed E-state index contributed by atoms with van der Waals surface area (Å²) in [5, 5.41) is 0. The second-order valence-electron chi connectivity index (χ2n) is 0.500. The van der Waals surface area contributed by atoms with Gasteiger partial charge in [0.1, 0.15) is 0 Å². The second kappa shape index (κ2) is 19.3. The number of halogens is 2. The summed E-state index contributed by atoms with van der Waals surface area (Å²) in [6.45, 7) is 0. The van der Waals surface area contributed by atoms with Crippen molar-refractivity contribution < 1.29 is 0 Å².